The Morgan fingerprint density at radius 2 is 2.36 bits per heavy atom. The van der Waals surface area contributed by atoms with Gasteiger partial charge in [-0.2, -0.15) is 0 Å². The van der Waals surface area contributed by atoms with Crippen LogP contribution in [0.3, 0.4) is 0 Å². The van der Waals surface area contributed by atoms with Crippen LogP contribution in [-0.2, 0) is 16.0 Å². The van der Waals surface area contributed by atoms with Gasteiger partial charge in [0, 0.05) is 36.3 Å². The van der Waals surface area contributed by atoms with Crippen LogP contribution >= 0.6 is 11.3 Å². The van der Waals surface area contributed by atoms with E-state index in [1.54, 1.807) is 11.3 Å². The van der Waals surface area contributed by atoms with E-state index in [1.165, 1.54) is 0 Å². The summed E-state index contributed by atoms with van der Waals surface area (Å²) in [6, 6.07) is 0. The summed E-state index contributed by atoms with van der Waals surface area (Å²) in [6.45, 7) is 7.44. The first-order valence-corrected chi connectivity index (χ1v) is 8.85. The molecule has 1 aromatic heterocycles. The van der Waals surface area contributed by atoms with Gasteiger partial charge < -0.3 is 15.8 Å². The first-order chi connectivity index (χ1) is 10.4. The number of carbonyl (C=O) groups excluding carboxylic acids is 1. The molecule has 1 aliphatic heterocycles. The molecule has 3 atom stereocenters. The maximum Gasteiger partial charge on any atom is 0.241 e. The molecule has 1 saturated heterocycles. The molecule has 2 aliphatic rings. The van der Waals surface area contributed by atoms with E-state index in [4.69, 9.17) is 10.5 Å². The summed E-state index contributed by atoms with van der Waals surface area (Å²) < 4.78 is 5.85. The lowest BCUT2D eigenvalue weighted by Gasteiger charge is -2.65. The second-order valence-corrected chi connectivity index (χ2v) is 8.06. The van der Waals surface area contributed by atoms with E-state index in [0.717, 1.165) is 36.6 Å². The molecular weight excluding hydrogens is 298 g/mol. The summed E-state index contributed by atoms with van der Waals surface area (Å²) in [5.41, 5.74) is 6.44. The van der Waals surface area contributed by atoms with Crippen molar-refractivity contribution in [3.63, 3.8) is 0 Å². The molecule has 0 radical (unpaired) electrons. The van der Waals surface area contributed by atoms with E-state index in [9.17, 15) is 4.79 Å². The Bertz CT molecular complexity index is 571. The normalized spacial score (nSPS) is 32.9. The maximum atomic E-state index is 12.7. The maximum absolute atomic E-state index is 12.7. The van der Waals surface area contributed by atoms with Gasteiger partial charge in [0.2, 0.25) is 5.91 Å². The van der Waals surface area contributed by atoms with Gasteiger partial charge in [-0.3, -0.25) is 4.79 Å². The lowest BCUT2D eigenvalue weighted by atomic mass is 9.46. The number of nitrogens with one attached hydrogen (secondary N) is 1. The van der Waals surface area contributed by atoms with Crippen LogP contribution in [0, 0.1) is 18.3 Å². The van der Waals surface area contributed by atoms with Gasteiger partial charge in [-0.25, -0.2) is 4.98 Å². The van der Waals surface area contributed by atoms with Crippen LogP contribution in [0.4, 0.5) is 0 Å². The van der Waals surface area contributed by atoms with Gasteiger partial charge >= 0.3 is 0 Å². The van der Waals surface area contributed by atoms with Crippen molar-refractivity contribution in [1.82, 2.24) is 10.3 Å². The SMILES string of the molecule is Cc1nc(CCNC(=O)C2(N)C3CCCOC3C2(C)C)cs1. The standard InChI is InChI=1S/C16H25N3O2S/c1-10-19-11(9-22-10)6-7-18-14(20)16(17)12-5-4-8-21-13(12)15(16,2)3/h9,12-13H,4-8,17H2,1-3H3,(H,18,20). The minimum atomic E-state index is -0.823. The van der Waals surface area contributed by atoms with E-state index in [2.05, 4.69) is 10.3 Å². The largest absolute Gasteiger partial charge is 0.377 e. The van der Waals surface area contributed by atoms with E-state index < -0.39 is 5.54 Å². The topological polar surface area (TPSA) is 77.2 Å². The number of carbonyl (C=O) groups is 1. The minimum absolute atomic E-state index is 0.0452. The molecule has 1 amide bonds. The number of fused-ring (bicyclic) bond motifs is 1. The molecule has 5 nitrogen and oxygen atoms in total. The number of rotatable bonds is 4. The molecule has 2 heterocycles. The Balaban J connectivity index is 1.61. The highest BCUT2D eigenvalue weighted by molar-refractivity contribution is 7.09. The second kappa shape index (κ2) is 5.58. The summed E-state index contributed by atoms with van der Waals surface area (Å²) in [5.74, 6) is 0.0916. The first-order valence-electron chi connectivity index (χ1n) is 7.97. The van der Waals surface area contributed by atoms with Crippen molar-refractivity contribution in [2.24, 2.45) is 17.1 Å². The summed E-state index contributed by atoms with van der Waals surface area (Å²) in [5, 5.41) is 6.11. The monoisotopic (exact) mass is 323 g/mol. The zero-order valence-corrected chi connectivity index (χ0v) is 14.3. The molecule has 0 aromatic carbocycles. The van der Waals surface area contributed by atoms with Crippen molar-refractivity contribution >= 4 is 17.2 Å². The summed E-state index contributed by atoms with van der Waals surface area (Å²) in [4.78, 5) is 17.1. The summed E-state index contributed by atoms with van der Waals surface area (Å²) in [7, 11) is 0. The van der Waals surface area contributed by atoms with Gasteiger partial charge in [0.25, 0.3) is 0 Å². The number of amides is 1. The Kier molecular flexibility index (Phi) is 4.03. The van der Waals surface area contributed by atoms with Crippen LogP contribution in [0.5, 0.6) is 0 Å². The average Bonchev–Trinajstić information content (AvgIpc) is 2.91. The molecule has 0 spiro atoms. The van der Waals surface area contributed by atoms with E-state index in [-0.39, 0.29) is 23.3 Å². The van der Waals surface area contributed by atoms with Crippen molar-refractivity contribution in [2.45, 2.75) is 51.7 Å². The fourth-order valence-electron chi connectivity index (χ4n) is 4.01. The molecule has 3 rings (SSSR count). The van der Waals surface area contributed by atoms with Gasteiger partial charge in [0.15, 0.2) is 0 Å². The van der Waals surface area contributed by atoms with Crippen LogP contribution < -0.4 is 11.1 Å². The van der Waals surface area contributed by atoms with Gasteiger partial charge in [-0.1, -0.05) is 13.8 Å². The van der Waals surface area contributed by atoms with Crippen molar-refractivity contribution in [3.8, 4) is 0 Å². The van der Waals surface area contributed by atoms with Crippen LogP contribution in [-0.4, -0.2) is 35.7 Å². The predicted molar refractivity (Wildman–Crippen MR) is 86.7 cm³/mol. The van der Waals surface area contributed by atoms with Gasteiger partial charge in [-0.05, 0) is 19.8 Å². The number of ether oxygens (including phenoxy) is 1. The average molecular weight is 323 g/mol. The quantitative estimate of drug-likeness (QED) is 0.883. The summed E-state index contributed by atoms with van der Waals surface area (Å²) in [6.07, 6.45) is 2.82. The molecular formula is C16H25N3O2S. The predicted octanol–water partition coefficient (Wildman–Crippen LogP) is 1.64. The third-order valence-electron chi connectivity index (χ3n) is 5.39. The zero-order valence-electron chi connectivity index (χ0n) is 13.5. The van der Waals surface area contributed by atoms with Gasteiger partial charge in [-0.15, -0.1) is 11.3 Å². The molecule has 2 fully saturated rings. The second-order valence-electron chi connectivity index (χ2n) is 6.99. The number of thiazole rings is 1. The molecule has 1 saturated carbocycles. The Morgan fingerprint density at radius 3 is 3.05 bits per heavy atom. The molecule has 1 aromatic rings. The van der Waals surface area contributed by atoms with Crippen LogP contribution in [0.25, 0.3) is 0 Å². The Labute approximate surface area is 135 Å². The Morgan fingerprint density at radius 1 is 1.59 bits per heavy atom. The van der Waals surface area contributed by atoms with Crippen molar-refractivity contribution in [2.75, 3.05) is 13.2 Å². The molecule has 122 valence electrons. The first kappa shape index (κ1) is 15.9. The number of nitrogens with zero attached hydrogens (tertiary/aromatic N) is 1. The minimum Gasteiger partial charge on any atom is -0.377 e. The van der Waals surface area contributed by atoms with Crippen LogP contribution in [0.2, 0.25) is 0 Å². The molecule has 6 heteroatoms. The smallest absolute Gasteiger partial charge is 0.241 e. The number of nitrogens with two attached hydrogens (primary N) is 1. The van der Waals surface area contributed by atoms with Crippen molar-refractivity contribution in [1.29, 1.82) is 0 Å². The number of hydrogen-bond donors (Lipinski definition) is 2. The highest BCUT2D eigenvalue weighted by Crippen LogP contribution is 2.57. The Hall–Kier alpha value is -0.980. The zero-order chi connectivity index (χ0) is 16.0. The fourth-order valence-corrected chi connectivity index (χ4v) is 4.66. The van der Waals surface area contributed by atoms with E-state index >= 15 is 0 Å². The van der Waals surface area contributed by atoms with Gasteiger partial charge in [0.1, 0.15) is 5.54 Å². The number of aromatic nitrogens is 1. The molecule has 22 heavy (non-hydrogen) atoms. The van der Waals surface area contributed by atoms with Crippen LogP contribution in [0.15, 0.2) is 5.38 Å². The number of aryl methyl sites for hydroxylation is 1. The molecule has 3 unspecified atom stereocenters. The summed E-state index contributed by atoms with van der Waals surface area (Å²) >= 11 is 1.63. The highest BCUT2D eigenvalue weighted by Gasteiger charge is 2.70. The van der Waals surface area contributed by atoms with Gasteiger partial charge in [0.05, 0.1) is 16.8 Å². The third-order valence-corrected chi connectivity index (χ3v) is 6.22. The highest BCUT2D eigenvalue weighted by atomic mass is 32.1. The third kappa shape index (κ3) is 2.28. The van der Waals surface area contributed by atoms with Crippen molar-refractivity contribution < 1.29 is 9.53 Å². The van der Waals surface area contributed by atoms with E-state index in [1.807, 2.05) is 26.2 Å². The molecule has 3 N–H and O–H groups in total. The fraction of sp³-hybridized carbons (Fsp3) is 0.750. The van der Waals surface area contributed by atoms with Crippen molar-refractivity contribution in [3.05, 3.63) is 16.1 Å². The van der Waals surface area contributed by atoms with Crippen LogP contribution in [0.1, 0.15) is 37.4 Å². The lowest BCUT2D eigenvalue weighted by Crippen LogP contribution is -2.82. The lowest BCUT2D eigenvalue weighted by molar-refractivity contribution is -0.225. The molecule has 1 aliphatic carbocycles. The molecule has 0 bridgehead atoms. The number of hydrogen-bond acceptors (Lipinski definition) is 5. The van der Waals surface area contributed by atoms with E-state index in [0.29, 0.717) is 6.54 Å².